The highest BCUT2D eigenvalue weighted by atomic mass is 16.1. The Kier molecular flexibility index (Phi) is 3.52. The van der Waals surface area contributed by atoms with Crippen molar-refractivity contribution in [2.24, 2.45) is 0 Å². The molecule has 0 aliphatic carbocycles. The molecular formula is C13H14N4O. The monoisotopic (exact) mass is 242 g/mol. The first-order chi connectivity index (χ1) is 8.66. The highest BCUT2D eigenvalue weighted by Gasteiger charge is 2.06. The van der Waals surface area contributed by atoms with Gasteiger partial charge in [0.25, 0.3) is 5.91 Å². The number of carbonyl (C=O) groups excluding carboxylic acids is 1. The third-order valence-corrected chi connectivity index (χ3v) is 2.44. The van der Waals surface area contributed by atoms with Crippen molar-refractivity contribution >= 4 is 17.3 Å². The summed E-state index contributed by atoms with van der Waals surface area (Å²) in [5.41, 5.74) is 2.21. The Morgan fingerprint density at radius 3 is 2.61 bits per heavy atom. The van der Waals surface area contributed by atoms with E-state index in [2.05, 4.69) is 15.3 Å². The highest BCUT2D eigenvalue weighted by molar-refractivity contribution is 6.04. The van der Waals surface area contributed by atoms with Gasteiger partial charge >= 0.3 is 0 Å². The van der Waals surface area contributed by atoms with Crippen LogP contribution in [0.3, 0.4) is 0 Å². The number of anilines is 2. The van der Waals surface area contributed by atoms with Crippen molar-refractivity contribution in [1.82, 2.24) is 9.97 Å². The molecule has 1 heterocycles. The summed E-state index contributed by atoms with van der Waals surface area (Å²) < 4.78 is 0. The summed E-state index contributed by atoms with van der Waals surface area (Å²) in [4.78, 5) is 21.5. The van der Waals surface area contributed by atoms with E-state index in [-0.39, 0.29) is 5.91 Å². The van der Waals surface area contributed by atoms with E-state index in [1.807, 2.05) is 43.3 Å². The molecule has 1 aromatic heterocycles. The van der Waals surface area contributed by atoms with Gasteiger partial charge in [-0.05, 0) is 18.2 Å². The molecule has 0 radical (unpaired) electrons. The van der Waals surface area contributed by atoms with Gasteiger partial charge in [0.05, 0.1) is 5.56 Å². The average molecular weight is 242 g/mol. The minimum absolute atomic E-state index is 0.216. The van der Waals surface area contributed by atoms with E-state index in [0.717, 1.165) is 11.4 Å². The number of carbonyl (C=O) groups is 1. The lowest BCUT2D eigenvalue weighted by atomic mass is 10.2. The predicted octanol–water partition coefficient (Wildman–Crippen LogP) is 1.79. The molecule has 1 aromatic carbocycles. The van der Waals surface area contributed by atoms with Crippen molar-refractivity contribution in [1.29, 1.82) is 0 Å². The Morgan fingerprint density at radius 1 is 1.22 bits per heavy atom. The molecule has 0 aliphatic heterocycles. The van der Waals surface area contributed by atoms with Crippen LogP contribution >= 0.6 is 0 Å². The van der Waals surface area contributed by atoms with Gasteiger partial charge in [0.15, 0.2) is 0 Å². The van der Waals surface area contributed by atoms with Crippen molar-refractivity contribution in [3.8, 4) is 0 Å². The summed E-state index contributed by atoms with van der Waals surface area (Å²) in [6, 6.07) is 7.62. The molecule has 0 fully saturated rings. The van der Waals surface area contributed by atoms with E-state index in [9.17, 15) is 4.79 Å². The minimum Gasteiger partial charge on any atom is -0.378 e. The first-order valence-electron chi connectivity index (χ1n) is 5.50. The van der Waals surface area contributed by atoms with E-state index < -0.39 is 0 Å². The van der Waals surface area contributed by atoms with Crippen LogP contribution in [0.4, 0.5) is 11.4 Å². The van der Waals surface area contributed by atoms with Crippen LogP contribution in [0.25, 0.3) is 0 Å². The highest BCUT2D eigenvalue weighted by Crippen LogP contribution is 2.17. The van der Waals surface area contributed by atoms with Crippen LogP contribution in [0, 0.1) is 0 Å². The fraction of sp³-hybridized carbons (Fsp3) is 0.154. The minimum atomic E-state index is -0.216. The van der Waals surface area contributed by atoms with E-state index >= 15 is 0 Å². The van der Waals surface area contributed by atoms with Crippen molar-refractivity contribution in [2.75, 3.05) is 24.3 Å². The zero-order valence-corrected chi connectivity index (χ0v) is 10.3. The molecule has 5 nitrogen and oxygen atoms in total. The SMILES string of the molecule is CN(C)c1cccc(NC(=O)c2cncnc2)c1. The molecule has 0 spiro atoms. The van der Waals surface area contributed by atoms with Gasteiger partial charge in [-0.25, -0.2) is 9.97 Å². The van der Waals surface area contributed by atoms with Gasteiger partial charge in [-0.2, -0.15) is 0 Å². The first-order valence-corrected chi connectivity index (χ1v) is 5.50. The van der Waals surface area contributed by atoms with Crippen LogP contribution in [-0.4, -0.2) is 30.0 Å². The number of hydrogen-bond acceptors (Lipinski definition) is 4. The van der Waals surface area contributed by atoms with Gasteiger partial charge < -0.3 is 10.2 Å². The second kappa shape index (κ2) is 5.27. The summed E-state index contributed by atoms with van der Waals surface area (Å²) in [7, 11) is 3.90. The number of benzene rings is 1. The third-order valence-electron chi connectivity index (χ3n) is 2.44. The standard InChI is InChI=1S/C13H14N4O/c1-17(2)12-5-3-4-11(6-12)16-13(18)10-7-14-9-15-8-10/h3-9H,1-2H3,(H,16,18). The van der Waals surface area contributed by atoms with Gasteiger partial charge in [0, 0.05) is 37.9 Å². The summed E-state index contributed by atoms with van der Waals surface area (Å²) in [5.74, 6) is -0.216. The van der Waals surface area contributed by atoms with Gasteiger partial charge in [0.1, 0.15) is 6.33 Å². The van der Waals surface area contributed by atoms with Crippen LogP contribution in [-0.2, 0) is 0 Å². The Balaban J connectivity index is 2.15. The molecule has 0 aliphatic rings. The molecular weight excluding hydrogens is 228 g/mol. The van der Waals surface area contributed by atoms with E-state index in [1.54, 1.807) is 0 Å². The maximum Gasteiger partial charge on any atom is 0.258 e. The summed E-state index contributed by atoms with van der Waals surface area (Å²) in [6.45, 7) is 0. The topological polar surface area (TPSA) is 58.1 Å². The molecule has 0 bridgehead atoms. The van der Waals surface area contributed by atoms with Crippen molar-refractivity contribution in [3.63, 3.8) is 0 Å². The van der Waals surface area contributed by atoms with Gasteiger partial charge in [0.2, 0.25) is 0 Å². The molecule has 1 N–H and O–H groups in total. The number of hydrogen-bond donors (Lipinski definition) is 1. The molecule has 2 aromatic rings. The molecule has 2 rings (SSSR count). The number of nitrogens with one attached hydrogen (secondary N) is 1. The van der Waals surface area contributed by atoms with Crippen LogP contribution in [0.5, 0.6) is 0 Å². The van der Waals surface area contributed by atoms with E-state index in [4.69, 9.17) is 0 Å². The van der Waals surface area contributed by atoms with Crippen LogP contribution < -0.4 is 10.2 Å². The predicted molar refractivity (Wildman–Crippen MR) is 70.8 cm³/mol. The number of rotatable bonds is 3. The second-order valence-electron chi connectivity index (χ2n) is 4.03. The molecule has 5 heteroatoms. The van der Waals surface area contributed by atoms with Crippen molar-refractivity contribution in [3.05, 3.63) is 48.5 Å². The Labute approximate surface area is 105 Å². The number of nitrogens with zero attached hydrogens (tertiary/aromatic N) is 3. The zero-order chi connectivity index (χ0) is 13.0. The molecule has 0 unspecified atom stereocenters. The Hall–Kier alpha value is -2.43. The molecule has 1 amide bonds. The molecule has 18 heavy (non-hydrogen) atoms. The van der Waals surface area contributed by atoms with Gasteiger partial charge in [-0.15, -0.1) is 0 Å². The second-order valence-corrected chi connectivity index (χ2v) is 4.03. The van der Waals surface area contributed by atoms with Crippen LogP contribution in [0.1, 0.15) is 10.4 Å². The smallest absolute Gasteiger partial charge is 0.258 e. The molecule has 0 saturated heterocycles. The molecule has 0 atom stereocenters. The quantitative estimate of drug-likeness (QED) is 0.891. The fourth-order valence-corrected chi connectivity index (χ4v) is 1.48. The molecule has 0 saturated carbocycles. The van der Waals surface area contributed by atoms with Crippen LogP contribution in [0.2, 0.25) is 0 Å². The average Bonchev–Trinajstić information content (AvgIpc) is 2.40. The van der Waals surface area contributed by atoms with E-state index in [0.29, 0.717) is 5.56 Å². The Morgan fingerprint density at radius 2 is 1.94 bits per heavy atom. The fourth-order valence-electron chi connectivity index (χ4n) is 1.48. The number of amides is 1. The first kappa shape index (κ1) is 12.0. The zero-order valence-electron chi connectivity index (χ0n) is 10.3. The lowest BCUT2D eigenvalue weighted by Gasteiger charge is -2.13. The number of aromatic nitrogens is 2. The normalized spacial score (nSPS) is 9.89. The van der Waals surface area contributed by atoms with Gasteiger partial charge in [-0.3, -0.25) is 4.79 Å². The Bertz CT molecular complexity index is 540. The van der Waals surface area contributed by atoms with Crippen molar-refractivity contribution in [2.45, 2.75) is 0 Å². The lowest BCUT2D eigenvalue weighted by molar-refractivity contribution is 0.102. The summed E-state index contributed by atoms with van der Waals surface area (Å²) >= 11 is 0. The summed E-state index contributed by atoms with van der Waals surface area (Å²) in [6.07, 6.45) is 4.36. The third kappa shape index (κ3) is 2.82. The maximum atomic E-state index is 11.9. The van der Waals surface area contributed by atoms with Crippen molar-refractivity contribution < 1.29 is 4.79 Å². The maximum absolute atomic E-state index is 11.9. The molecule has 92 valence electrons. The largest absolute Gasteiger partial charge is 0.378 e. The van der Waals surface area contributed by atoms with Gasteiger partial charge in [-0.1, -0.05) is 6.07 Å². The van der Waals surface area contributed by atoms with E-state index in [1.165, 1.54) is 18.7 Å². The summed E-state index contributed by atoms with van der Waals surface area (Å²) in [5, 5.41) is 2.81. The lowest BCUT2D eigenvalue weighted by Crippen LogP contribution is -2.13. The van der Waals surface area contributed by atoms with Crippen LogP contribution in [0.15, 0.2) is 43.0 Å².